The van der Waals surface area contributed by atoms with Crippen LogP contribution < -0.4 is 5.32 Å². The highest BCUT2D eigenvalue weighted by atomic mass is 35.5. The topological polar surface area (TPSA) is 144 Å². The molecular weight excluding hydrogens is 499 g/mol. The van der Waals surface area contributed by atoms with E-state index in [9.17, 15) is 34.5 Å². The predicted octanol–water partition coefficient (Wildman–Crippen LogP) is 4.72. The number of benzene rings is 3. The van der Waals surface area contributed by atoms with Crippen LogP contribution in [-0.4, -0.2) is 58.1 Å². The first-order valence-corrected chi connectivity index (χ1v) is 10.6. The van der Waals surface area contributed by atoms with Crippen molar-refractivity contribution in [2.24, 2.45) is 0 Å². The van der Waals surface area contributed by atoms with Gasteiger partial charge in [-0.1, -0.05) is 35.3 Å². The molecule has 0 saturated carbocycles. The minimum absolute atomic E-state index is 0.115. The highest BCUT2D eigenvalue weighted by molar-refractivity contribution is 6.36. The molecule has 0 bridgehead atoms. The van der Waals surface area contributed by atoms with Gasteiger partial charge in [-0.2, -0.15) is 0 Å². The number of carboxylic acids is 2. The minimum atomic E-state index is -1.50. The number of nitrogens with one attached hydrogen (secondary N) is 1. The average Bonchev–Trinajstić information content (AvgIpc) is 2.77. The number of rotatable bonds is 6. The van der Waals surface area contributed by atoms with Crippen molar-refractivity contribution >= 4 is 52.6 Å². The molecule has 0 aliphatic rings. The molecule has 0 spiro atoms. The molecular formula is C24H18Cl2N2O7. The fourth-order valence-electron chi connectivity index (χ4n) is 3.28. The van der Waals surface area contributed by atoms with E-state index >= 15 is 0 Å². The number of carboxylic acid groups (broad SMARTS) is 2. The third-order valence-corrected chi connectivity index (χ3v) is 5.54. The summed E-state index contributed by atoms with van der Waals surface area (Å²) in [6.45, 7) is 0. The van der Waals surface area contributed by atoms with E-state index in [1.165, 1.54) is 38.4 Å². The summed E-state index contributed by atoms with van der Waals surface area (Å²) in [6, 6.07) is 10.6. The number of phenols is 1. The van der Waals surface area contributed by atoms with E-state index < -0.39 is 35.1 Å². The Labute approximate surface area is 209 Å². The van der Waals surface area contributed by atoms with E-state index in [0.29, 0.717) is 21.2 Å². The lowest BCUT2D eigenvalue weighted by Gasteiger charge is -2.17. The summed E-state index contributed by atoms with van der Waals surface area (Å²) in [5.41, 5.74) is -0.586. The number of halogens is 2. The first-order valence-electron chi connectivity index (χ1n) is 9.86. The van der Waals surface area contributed by atoms with Gasteiger partial charge in [-0.3, -0.25) is 9.59 Å². The van der Waals surface area contributed by atoms with Crippen molar-refractivity contribution in [1.29, 1.82) is 0 Å². The molecule has 0 saturated heterocycles. The Morgan fingerprint density at radius 3 is 2.03 bits per heavy atom. The van der Waals surface area contributed by atoms with Gasteiger partial charge in [-0.05, 0) is 42.0 Å². The van der Waals surface area contributed by atoms with Gasteiger partial charge < -0.3 is 25.5 Å². The fourth-order valence-corrected chi connectivity index (χ4v) is 3.80. The van der Waals surface area contributed by atoms with Gasteiger partial charge in [0.2, 0.25) is 0 Å². The number of nitrogens with zero attached hydrogens (tertiary/aromatic N) is 1. The number of anilines is 1. The number of aromatic carboxylic acids is 2. The van der Waals surface area contributed by atoms with Crippen LogP contribution in [0, 0.1) is 0 Å². The first-order chi connectivity index (χ1) is 16.4. The fraction of sp³-hybridized carbons (Fsp3) is 0.0833. The standard InChI is InChI=1S/C24H18Cl2N2O7/c1-28(2)22(31)16-9-17(24(34)35)20(29)10-15(16)21(30)27-19-7-11(3-5-14(19)23(32)33)13-6-4-12(25)8-18(13)26/h3-10,29H,1-2H3,(H,27,30)(H,32,33)(H,34,35). The van der Waals surface area contributed by atoms with Crippen LogP contribution in [0.3, 0.4) is 0 Å². The molecule has 35 heavy (non-hydrogen) atoms. The smallest absolute Gasteiger partial charge is 0.339 e. The zero-order chi connectivity index (χ0) is 26.0. The van der Waals surface area contributed by atoms with Crippen molar-refractivity contribution in [1.82, 2.24) is 4.90 Å². The summed E-state index contributed by atoms with van der Waals surface area (Å²) in [6.07, 6.45) is 0. The zero-order valence-electron chi connectivity index (χ0n) is 18.3. The van der Waals surface area contributed by atoms with Crippen molar-refractivity contribution in [3.63, 3.8) is 0 Å². The van der Waals surface area contributed by atoms with Crippen LogP contribution in [0.2, 0.25) is 10.0 Å². The highest BCUT2D eigenvalue weighted by Crippen LogP contribution is 2.33. The zero-order valence-corrected chi connectivity index (χ0v) is 19.8. The molecule has 11 heteroatoms. The summed E-state index contributed by atoms with van der Waals surface area (Å²) in [5.74, 6) is -5.20. The molecule has 0 radical (unpaired) electrons. The molecule has 3 rings (SSSR count). The number of hydrogen-bond donors (Lipinski definition) is 4. The van der Waals surface area contributed by atoms with Crippen molar-refractivity contribution in [2.75, 3.05) is 19.4 Å². The molecule has 0 aliphatic heterocycles. The van der Waals surface area contributed by atoms with Gasteiger partial charge in [0, 0.05) is 29.7 Å². The predicted molar refractivity (Wildman–Crippen MR) is 130 cm³/mol. The van der Waals surface area contributed by atoms with E-state index in [4.69, 9.17) is 23.2 Å². The van der Waals surface area contributed by atoms with E-state index in [2.05, 4.69) is 5.32 Å². The third kappa shape index (κ3) is 5.37. The summed E-state index contributed by atoms with van der Waals surface area (Å²) in [7, 11) is 2.80. The number of carbonyl (C=O) groups is 4. The molecule has 0 unspecified atom stereocenters. The largest absolute Gasteiger partial charge is 0.507 e. The lowest BCUT2D eigenvalue weighted by atomic mass is 9.99. The monoisotopic (exact) mass is 516 g/mol. The van der Waals surface area contributed by atoms with Crippen LogP contribution >= 0.6 is 23.2 Å². The Kier molecular flexibility index (Phi) is 7.33. The summed E-state index contributed by atoms with van der Waals surface area (Å²) in [5, 5.41) is 32.1. The normalized spacial score (nSPS) is 10.5. The van der Waals surface area contributed by atoms with Gasteiger partial charge in [0.05, 0.1) is 22.4 Å². The molecule has 0 fully saturated rings. The van der Waals surface area contributed by atoms with E-state index in [1.807, 2.05) is 0 Å². The van der Waals surface area contributed by atoms with Gasteiger partial charge in [-0.25, -0.2) is 9.59 Å². The second-order valence-electron chi connectivity index (χ2n) is 7.56. The van der Waals surface area contributed by atoms with Gasteiger partial charge in [0.15, 0.2) is 0 Å². The van der Waals surface area contributed by atoms with Crippen molar-refractivity contribution in [2.45, 2.75) is 0 Å². The maximum atomic E-state index is 13.2. The second kappa shape index (κ2) is 10.0. The second-order valence-corrected chi connectivity index (χ2v) is 8.41. The van der Waals surface area contributed by atoms with E-state index in [0.717, 1.165) is 17.0 Å². The van der Waals surface area contributed by atoms with Crippen molar-refractivity contribution in [3.05, 3.63) is 80.8 Å². The maximum absolute atomic E-state index is 13.2. The van der Waals surface area contributed by atoms with Gasteiger partial charge >= 0.3 is 11.9 Å². The van der Waals surface area contributed by atoms with E-state index in [1.54, 1.807) is 12.1 Å². The third-order valence-electron chi connectivity index (χ3n) is 4.99. The quantitative estimate of drug-likeness (QED) is 0.371. The average molecular weight is 517 g/mol. The number of aromatic hydroxyl groups is 1. The van der Waals surface area contributed by atoms with Crippen LogP contribution in [0.25, 0.3) is 11.1 Å². The summed E-state index contributed by atoms with van der Waals surface area (Å²) < 4.78 is 0. The van der Waals surface area contributed by atoms with Crippen molar-refractivity contribution in [3.8, 4) is 16.9 Å². The lowest BCUT2D eigenvalue weighted by molar-refractivity contribution is 0.0683. The molecule has 180 valence electrons. The summed E-state index contributed by atoms with van der Waals surface area (Å²) >= 11 is 12.2. The van der Waals surface area contributed by atoms with Gasteiger partial charge in [0.1, 0.15) is 11.3 Å². The first kappa shape index (κ1) is 25.5. The molecule has 3 aromatic carbocycles. The summed E-state index contributed by atoms with van der Waals surface area (Å²) in [4.78, 5) is 50.1. The van der Waals surface area contributed by atoms with Crippen LogP contribution in [0.15, 0.2) is 48.5 Å². The molecule has 0 aromatic heterocycles. The lowest BCUT2D eigenvalue weighted by Crippen LogP contribution is -2.26. The maximum Gasteiger partial charge on any atom is 0.339 e. The van der Waals surface area contributed by atoms with Gasteiger partial charge in [0.25, 0.3) is 11.8 Å². The Bertz CT molecular complexity index is 1390. The minimum Gasteiger partial charge on any atom is -0.507 e. The SMILES string of the molecule is CN(C)C(=O)c1cc(C(=O)O)c(O)cc1C(=O)Nc1cc(-c2ccc(Cl)cc2Cl)ccc1C(=O)O. The Hall–Kier alpha value is -4.08. The number of amides is 2. The van der Waals surface area contributed by atoms with Crippen LogP contribution in [-0.2, 0) is 0 Å². The van der Waals surface area contributed by atoms with Crippen LogP contribution in [0.4, 0.5) is 5.69 Å². The molecule has 0 atom stereocenters. The Morgan fingerprint density at radius 1 is 0.800 bits per heavy atom. The van der Waals surface area contributed by atoms with E-state index in [-0.39, 0.29) is 22.4 Å². The number of carbonyl (C=O) groups excluding carboxylic acids is 2. The molecule has 9 nitrogen and oxygen atoms in total. The Balaban J connectivity index is 2.12. The Morgan fingerprint density at radius 2 is 1.46 bits per heavy atom. The molecule has 0 aliphatic carbocycles. The molecule has 2 amide bonds. The number of hydrogen-bond acceptors (Lipinski definition) is 5. The molecule has 0 heterocycles. The van der Waals surface area contributed by atoms with Crippen LogP contribution in [0.1, 0.15) is 41.4 Å². The molecule has 4 N–H and O–H groups in total. The molecule has 3 aromatic rings. The van der Waals surface area contributed by atoms with Crippen LogP contribution in [0.5, 0.6) is 5.75 Å². The van der Waals surface area contributed by atoms with Gasteiger partial charge in [-0.15, -0.1) is 0 Å². The highest BCUT2D eigenvalue weighted by Gasteiger charge is 2.25. The van der Waals surface area contributed by atoms with Crippen molar-refractivity contribution < 1.29 is 34.5 Å².